The molecule has 0 spiro atoms. The lowest BCUT2D eigenvalue weighted by atomic mass is 9.98. The normalized spacial score (nSPS) is 12.9. The Labute approximate surface area is 160 Å². The predicted molar refractivity (Wildman–Crippen MR) is 106 cm³/mol. The highest BCUT2D eigenvalue weighted by Crippen LogP contribution is 2.26. The first kappa shape index (κ1) is 24.9. The van der Waals surface area contributed by atoms with E-state index < -0.39 is 17.7 Å². The second-order valence-corrected chi connectivity index (χ2v) is 7.65. The highest BCUT2D eigenvalue weighted by molar-refractivity contribution is 5.69. The molecule has 0 saturated carbocycles. The Bertz CT molecular complexity index is 379. The summed E-state index contributed by atoms with van der Waals surface area (Å²) in [4.78, 5) is 24.9. The monoisotopic (exact) mass is 371 g/mol. The van der Waals surface area contributed by atoms with Crippen molar-refractivity contribution in [2.24, 2.45) is 0 Å². The van der Waals surface area contributed by atoms with Gasteiger partial charge in [0.2, 0.25) is 0 Å². The summed E-state index contributed by atoms with van der Waals surface area (Å²) in [6.45, 7) is 6.61. The molecule has 5 heteroatoms. The second kappa shape index (κ2) is 14.0. The van der Waals surface area contributed by atoms with Crippen molar-refractivity contribution in [3.63, 3.8) is 0 Å². The molecule has 0 aliphatic rings. The summed E-state index contributed by atoms with van der Waals surface area (Å²) in [7, 11) is 3.85. The van der Waals surface area contributed by atoms with Gasteiger partial charge < -0.3 is 9.47 Å². The third-order valence-corrected chi connectivity index (χ3v) is 4.75. The Balaban J connectivity index is 4.28. The first-order valence-electron chi connectivity index (χ1n) is 10.3. The second-order valence-electron chi connectivity index (χ2n) is 7.65. The first-order valence-corrected chi connectivity index (χ1v) is 10.3. The van der Waals surface area contributed by atoms with Crippen molar-refractivity contribution in [1.29, 1.82) is 0 Å². The minimum atomic E-state index is -1.25. The average molecular weight is 372 g/mol. The summed E-state index contributed by atoms with van der Waals surface area (Å²) in [5.74, 6) is -2.13. The Morgan fingerprint density at radius 1 is 0.808 bits per heavy atom. The van der Waals surface area contributed by atoms with Crippen molar-refractivity contribution in [3.8, 4) is 0 Å². The summed E-state index contributed by atoms with van der Waals surface area (Å²) >= 11 is 0. The van der Waals surface area contributed by atoms with Crippen LogP contribution in [-0.4, -0.2) is 42.8 Å². The fourth-order valence-corrected chi connectivity index (χ4v) is 3.54. The van der Waals surface area contributed by atoms with Crippen LogP contribution in [0.4, 0.5) is 0 Å². The number of rotatable bonds is 15. The van der Waals surface area contributed by atoms with Crippen LogP contribution in [0.3, 0.4) is 0 Å². The zero-order valence-corrected chi connectivity index (χ0v) is 17.9. The predicted octanol–water partition coefficient (Wildman–Crippen LogP) is 5.07. The standard InChI is InChI=1S/C21H41NO4/c1-7-8-9-10-11-12-13-14-15-16-17-20(22(5)6)21(4,25-18(2)23)26-19(3)24/h20H,7-17H2,1-6H3. The zero-order chi connectivity index (χ0) is 20.0. The van der Waals surface area contributed by atoms with Gasteiger partial charge in [-0.25, -0.2) is 0 Å². The fourth-order valence-electron chi connectivity index (χ4n) is 3.54. The van der Waals surface area contributed by atoms with Crippen LogP contribution in [0.1, 0.15) is 98.3 Å². The van der Waals surface area contributed by atoms with Gasteiger partial charge in [-0.05, 0) is 20.5 Å². The molecule has 1 atom stereocenters. The topological polar surface area (TPSA) is 55.8 Å². The van der Waals surface area contributed by atoms with E-state index in [0.29, 0.717) is 0 Å². The summed E-state index contributed by atoms with van der Waals surface area (Å²) in [5, 5.41) is 0. The molecule has 0 bridgehead atoms. The smallest absolute Gasteiger partial charge is 0.305 e. The van der Waals surface area contributed by atoms with Crippen LogP contribution in [0.15, 0.2) is 0 Å². The third kappa shape index (κ3) is 11.5. The third-order valence-electron chi connectivity index (χ3n) is 4.75. The van der Waals surface area contributed by atoms with Crippen LogP contribution in [0, 0.1) is 0 Å². The largest absolute Gasteiger partial charge is 0.421 e. The summed E-state index contributed by atoms with van der Waals surface area (Å²) in [6, 6.07) is -0.163. The number of nitrogens with zero attached hydrogens (tertiary/aromatic N) is 1. The maximum absolute atomic E-state index is 11.5. The molecule has 0 aromatic rings. The van der Waals surface area contributed by atoms with E-state index in [1.165, 1.54) is 65.2 Å². The van der Waals surface area contributed by atoms with Crippen LogP contribution in [-0.2, 0) is 19.1 Å². The van der Waals surface area contributed by atoms with Gasteiger partial charge in [0.15, 0.2) is 0 Å². The lowest BCUT2D eigenvalue weighted by molar-refractivity contribution is -0.239. The molecular weight excluding hydrogens is 330 g/mol. The number of ether oxygens (including phenoxy) is 2. The number of unbranched alkanes of at least 4 members (excludes halogenated alkanes) is 9. The molecule has 0 aromatic carbocycles. The van der Waals surface area contributed by atoms with Crippen LogP contribution in [0.2, 0.25) is 0 Å². The number of esters is 2. The van der Waals surface area contributed by atoms with Crippen molar-refractivity contribution in [3.05, 3.63) is 0 Å². The zero-order valence-electron chi connectivity index (χ0n) is 17.9. The van der Waals surface area contributed by atoms with Crippen molar-refractivity contribution in [2.75, 3.05) is 14.1 Å². The van der Waals surface area contributed by atoms with Crippen molar-refractivity contribution in [1.82, 2.24) is 4.90 Å². The van der Waals surface area contributed by atoms with Crippen LogP contribution < -0.4 is 0 Å². The molecule has 0 N–H and O–H groups in total. The molecule has 0 rings (SSSR count). The van der Waals surface area contributed by atoms with Crippen LogP contribution in [0.5, 0.6) is 0 Å². The molecule has 5 nitrogen and oxygen atoms in total. The van der Waals surface area contributed by atoms with Gasteiger partial charge in [-0.1, -0.05) is 71.1 Å². The molecule has 0 aromatic heterocycles. The Morgan fingerprint density at radius 3 is 1.54 bits per heavy atom. The van der Waals surface area contributed by atoms with E-state index in [2.05, 4.69) is 6.92 Å². The van der Waals surface area contributed by atoms with Crippen LogP contribution >= 0.6 is 0 Å². The van der Waals surface area contributed by atoms with E-state index >= 15 is 0 Å². The molecule has 0 aliphatic heterocycles. The average Bonchev–Trinajstić information content (AvgIpc) is 2.50. The van der Waals surface area contributed by atoms with E-state index in [0.717, 1.165) is 19.3 Å². The van der Waals surface area contributed by atoms with E-state index in [4.69, 9.17) is 9.47 Å². The molecule has 0 aliphatic carbocycles. The molecule has 154 valence electrons. The molecular formula is C21H41NO4. The van der Waals surface area contributed by atoms with Gasteiger partial charge in [-0.3, -0.25) is 14.5 Å². The van der Waals surface area contributed by atoms with Gasteiger partial charge in [-0.15, -0.1) is 0 Å². The maximum atomic E-state index is 11.5. The van der Waals surface area contributed by atoms with E-state index in [9.17, 15) is 9.59 Å². The number of carbonyl (C=O) groups is 2. The Morgan fingerprint density at radius 2 is 1.19 bits per heavy atom. The number of hydrogen-bond acceptors (Lipinski definition) is 5. The highest BCUT2D eigenvalue weighted by Gasteiger charge is 2.41. The van der Waals surface area contributed by atoms with Gasteiger partial charge >= 0.3 is 11.9 Å². The molecule has 0 fully saturated rings. The van der Waals surface area contributed by atoms with E-state index in [-0.39, 0.29) is 6.04 Å². The first-order chi connectivity index (χ1) is 12.2. The lowest BCUT2D eigenvalue weighted by Gasteiger charge is -2.39. The fraction of sp³-hybridized carbons (Fsp3) is 0.905. The van der Waals surface area contributed by atoms with Crippen LogP contribution in [0.25, 0.3) is 0 Å². The van der Waals surface area contributed by atoms with Gasteiger partial charge in [0.25, 0.3) is 5.79 Å². The van der Waals surface area contributed by atoms with Crippen molar-refractivity contribution >= 4 is 11.9 Å². The Hall–Kier alpha value is -1.10. The lowest BCUT2D eigenvalue weighted by Crippen LogP contribution is -2.53. The SMILES string of the molecule is CCCCCCCCCCCCC(N(C)C)C(C)(OC(C)=O)OC(C)=O. The Kier molecular flexibility index (Phi) is 13.4. The summed E-state index contributed by atoms with van der Waals surface area (Å²) in [6.07, 6.45) is 13.5. The van der Waals surface area contributed by atoms with E-state index in [1.807, 2.05) is 19.0 Å². The van der Waals surface area contributed by atoms with Crippen molar-refractivity contribution < 1.29 is 19.1 Å². The van der Waals surface area contributed by atoms with Gasteiger partial charge in [0, 0.05) is 20.8 Å². The number of hydrogen-bond donors (Lipinski definition) is 0. The number of likely N-dealkylation sites (N-methyl/N-ethyl adjacent to an activating group) is 1. The molecule has 1 unspecified atom stereocenters. The number of carbonyl (C=O) groups excluding carboxylic acids is 2. The summed E-state index contributed by atoms with van der Waals surface area (Å²) in [5.41, 5.74) is 0. The van der Waals surface area contributed by atoms with Crippen molar-refractivity contribution in [2.45, 2.75) is 110 Å². The quantitative estimate of drug-likeness (QED) is 0.228. The van der Waals surface area contributed by atoms with Gasteiger partial charge in [0.1, 0.15) is 0 Å². The molecule has 26 heavy (non-hydrogen) atoms. The minimum absolute atomic E-state index is 0.163. The molecule has 0 saturated heterocycles. The maximum Gasteiger partial charge on any atom is 0.305 e. The molecule has 0 radical (unpaired) electrons. The van der Waals surface area contributed by atoms with Gasteiger partial charge in [-0.2, -0.15) is 0 Å². The molecule has 0 amide bonds. The van der Waals surface area contributed by atoms with E-state index in [1.54, 1.807) is 6.92 Å². The van der Waals surface area contributed by atoms with Gasteiger partial charge in [0.05, 0.1) is 6.04 Å². The highest BCUT2D eigenvalue weighted by atomic mass is 16.7. The molecule has 0 heterocycles. The minimum Gasteiger partial charge on any atom is -0.421 e. The summed E-state index contributed by atoms with van der Waals surface area (Å²) < 4.78 is 10.8.